The van der Waals surface area contributed by atoms with Gasteiger partial charge in [0.05, 0.1) is 11.7 Å². The van der Waals surface area contributed by atoms with Gasteiger partial charge in [0.2, 0.25) is 0 Å². The Morgan fingerprint density at radius 3 is 2.73 bits per heavy atom. The fourth-order valence-electron chi connectivity index (χ4n) is 4.03. The van der Waals surface area contributed by atoms with E-state index in [1.165, 1.54) is 12.1 Å². The molecule has 0 unspecified atom stereocenters. The quantitative estimate of drug-likeness (QED) is 0.169. The number of nitrogens with one attached hydrogen (secondary N) is 1. The molecule has 0 saturated heterocycles. The molecule has 5 nitrogen and oxygen atoms in total. The summed E-state index contributed by atoms with van der Waals surface area (Å²) < 4.78 is 19.6. The molecule has 4 rings (SSSR count). The van der Waals surface area contributed by atoms with Crippen LogP contribution < -0.4 is 10.5 Å². The lowest BCUT2D eigenvalue weighted by molar-refractivity contribution is -0.128. The number of esters is 1. The van der Waals surface area contributed by atoms with E-state index in [0.29, 0.717) is 17.7 Å². The van der Waals surface area contributed by atoms with Gasteiger partial charge in [0.25, 0.3) is 0 Å². The van der Waals surface area contributed by atoms with Gasteiger partial charge < -0.3 is 10.5 Å². The second-order valence-corrected chi connectivity index (χ2v) is 7.51. The molecule has 1 heterocycles. The maximum atomic E-state index is 14.0. The van der Waals surface area contributed by atoms with Crippen molar-refractivity contribution < 1.29 is 13.9 Å². The number of carbonyl (C=O) groups excluding carboxylic acids is 1. The predicted octanol–water partition coefficient (Wildman–Crippen LogP) is 5.62. The van der Waals surface area contributed by atoms with Crippen molar-refractivity contribution in [2.45, 2.75) is 19.9 Å². The van der Waals surface area contributed by atoms with Gasteiger partial charge in [0, 0.05) is 23.6 Å². The summed E-state index contributed by atoms with van der Waals surface area (Å²) in [7, 11) is 0. The van der Waals surface area contributed by atoms with Gasteiger partial charge in [-0.1, -0.05) is 43.8 Å². The van der Waals surface area contributed by atoms with Crippen LogP contribution in [0.15, 0.2) is 79.5 Å². The highest BCUT2D eigenvalue weighted by Gasteiger charge is 2.20. The number of allylic oxidation sites excluding steroid dienone is 1. The molecule has 33 heavy (non-hydrogen) atoms. The minimum Gasteiger partial charge on any atom is -0.423 e. The molecule has 3 N–H and O–H groups in total. The monoisotopic (exact) mass is 441 g/mol. The topological polar surface area (TPSA) is 81.0 Å². The first-order chi connectivity index (χ1) is 16.0. The van der Waals surface area contributed by atoms with Gasteiger partial charge in [-0.3, -0.25) is 5.10 Å². The van der Waals surface area contributed by atoms with Crippen molar-refractivity contribution in [3.63, 3.8) is 0 Å². The standard InChI is InChI=1S/C27H24FN3O2/c1-3-21(22-11-10-20(28)14-18(22)15-29)27(17-9-12-24-19(13-17)16-30-31-24)23-7-5-6-8-25(23)33-26(32)4-2/h4-14,16H,2-3,15,29H2,1H3,(H,30,31)/b27-21+. The Hall–Kier alpha value is -4.03. The Balaban J connectivity index is 2.06. The normalized spacial score (nSPS) is 11.8. The number of aromatic amines is 1. The van der Waals surface area contributed by atoms with Crippen LogP contribution in [0, 0.1) is 5.82 Å². The van der Waals surface area contributed by atoms with Gasteiger partial charge >= 0.3 is 5.97 Å². The molecule has 4 aromatic rings. The zero-order chi connectivity index (χ0) is 23.4. The lowest BCUT2D eigenvalue weighted by Gasteiger charge is -2.20. The largest absolute Gasteiger partial charge is 0.423 e. The van der Waals surface area contributed by atoms with E-state index in [2.05, 4.69) is 16.8 Å². The molecule has 0 aliphatic rings. The van der Waals surface area contributed by atoms with Crippen molar-refractivity contribution in [1.29, 1.82) is 0 Å². The first-order valence-corrected chi connectivity index (χ1v) is 10.6. The van der Waals surface area contributed by atoms with Crippen LogP contribution in [0.2, 0.25) is 0 Å². The van der Waals surface area contributed by atoms with E-state index in [1.54, 1.807) is 24.4 Å². The van der Waals surface area contributed by atoms with Crippen molar-refractivity contribution in [2.24, 2.45) is 5.73 Å². The lowest BCUT2D eigenvalue weighted by Crippen LogP contribution is -2.07. The Morgan fingerprint density at radius 1 is 1.15 bits per heavy atom. The Kier molecular flexibility index (Phi) is 6.47. The molecule has 1 aromatic heterocycles. The molecule has 0 atom stereocenters. The first kappa shape index (κ1) is 22.2. The fourth-order valence-corrected chi connectivity index (χ4v) is 4.03. The summed E-state index contributed by atoms with van der Waals surface area (Å²) in [4.78, 5) is 12.1. The van der Waals surface area contributed by atoms with Crippen LogP contribution in [-0.4, -0.2) is 16.2 Å². The Labute approximate surface area is 191 Å². The number of hydrogen-bond acceptors (Lipinski definition) is 4. The second kappa shape index (κ2) is 9.63. The van der Waals surface area contributed by atoms with E-state index >= 15 is 0 Å². The molecule has 0 aliphatic heterocycles. The average Bonchev–Trinajstić information content (AvgIpc) is 3.31. The van der Waals surface area contributed by atoms with Gasteiger partial charge in [0.15, 0.2) is 0 Å². The molecule has 0 saturated carbocycles. The van der Waals surface area contributed by atoms with E-state index in [4.69, 9.17) is 10.5 Å². The van der Waals surface area contributed by atoms with Crippen LogP contribution >= 0.6 is 0 Å². The van der Waals surface area contributed by atoms with Crippen LogP contribution in [0.3, 0.4) is 0 Å². The number of hydrogen-bond donors (Lipinski definition) is 2. The highest BCUT2D eigenvalue weighted by atomic mass is 19.1. The Bertz CT molecular complexity index is 1370. The summed E-state index contributed by atoms with van der Waals surface area (Å²) in [6, 6.07) is 18.0. The number of carbonyl (C=O) groups is 1. The third kappa shape index (κ3) is 4.47. The molecule has 0 radical (unpaired) electrons. The molecule has 0 aliphatic carbocycles. The summed E-state index contributed by atoms with van der Waals surface area (Å²) in [5, 5.41) is 8.03. The van der Waals surface area contributed by atoms with Crippen molar-refractivity contribution in [1.82, 2.24) is 10.2 Å². The third-order valence-electron chi connectivity index (χ3n) is 5.53. The first-order valence-electron chi connectivity index (χ1n) is 10.6. The lowest BCUT2D eigenvalue weighted by atomic mass is 9.85. The van der Waals surface area contributed by atoms with Crippen molar-refractivity contribution in [3.05, 3.63) is 108 Å². The van der Waals surface area contributed by atoms with E-state index < -0.39 is 5.97 Å². The summed E-state index contributed by atoms with van der Waals surface area (Å²) in [5.74, 6) is -0.474. The molecule has 3 aromatic carbocycles. The SMILES string of the molecule is C=CC(=O)Oc1ccccc1/C(=C(\CC)c1ccc(F)cc1CN)c1ccc2[nH]ncc2c1. The van der Waals surface area contributed by atoms with Crippen LogP contribution in [0.5, 0.6) is 5.75 Å². The maximum absolute atomic E-state index is 14.0. The van der Waals surface area contributed by atoms with Crippen molar-refractivity contribution in [3.8, 4) is 5.75 Å². The van der Waals surface area contributed by atoms with Gasteiger partial charge in [-0.2, -0.15) is 5.10 Å². The number of fused-ring (bicyclic) bond motifs is 1. The minimum atomic E-state index is -0.547. The number of aromatic nitrogens is 2. The number of nitrogens with zero attached hydrogens (tertiary/aromatic N) is 1. The maximum Gasteiger partial charge on any atom is 0.335 e. The highest BCUT2D eigenvalue weighted by Crippen LogP contribution is 2.40. The number of nitrogens with two attached hydrogens (primary N) is 1. The van der Waals surface area contributed by atoms with Crippen LogP contribution in [0.1, 0.15) is 35.6 Å². The number of H-pyrrole nitrogens is 1. The van der Waals surface area contributed by atoms with Gasteiger partial charge in [0.1, 0.15) is 11.6 Å². The third-order valence-corrected chi connectivity index (χ3v) is 5.53. The highest BCUT2D eigenvalue weighted by molar-refractivity contribution is 6.02. The molecule has 0 fully saturated rings. The fraction of sp³-hybridized carbons (Fsp3) is 0.111. The summed E-state index contributed by atoms with van der Waals surface area (Å²) in [6.07, 6.45) is 3.53. The Morgan fingerprint density at radius 2 is 1.97 bits per heavy atom. The van der Waals surface area contributed by atoms with E-state index in [-0.39, 0.29) is 12.4 Å². The molecule has 0 amide bonds. The molecule has 166 valence electrons. The molecular weight excluding hydrogens is 417 g/mol. The predicted molar refractivity (Wildman–Crippen MR) is 129 cm³/mol. The minimum absolute atomic E-state index is 0.192. The van der Waals surface area contributed by atoms with Crippen molar-refractivity contribution in [2.75, 3.05) is 0 Å². The van der Waals surface area contributed by atoms with E-state index in [9.17, 15) is 9.18 Å². The number of halogens is 1. The number of ether oxygens (including phenoxy) is 1. The summed E-state index contributed by atoms with van der Waals surface area (Å²) >= 11 is 0. The van der Waals surface area contributed by atoms with Gasteiger partial charge in [-0.05, 0) is 64.6 Å². The smallest absolute Gasteiger partial charge is 0.335 e. The molecule has 6 heteroatoms. The second-order valence-electron chi connectivity index (χ2n) is 7.51. The number of rotatable bonds is 7. The van der Waals surface area contributed by atoms with Crippen LogP contribution in [0.4, 0.5) is 4.39 Å². The van der Waals surface area contributed by atoms with E-state index in [0.717, 1.165) is 44.8 Å². The number of benzene rings is 3. The summed E-state index contributed by atoms with van der Waals surface area (Å²) in [6.45, 7) is 5.73. The molecular formula is C27H24FN3O2. The van der Waals surface area contributed by atoms with Gasteiger partial charge in [-0.25, -0.2) is 9.18 Å². The molecule has 0 spiro atoms. The zero-order valence-electron chi connectivity index (χ0n) is 18.3. The van der Waals surface area contributed by atoms with E-state index in [1.807, 2.05) is 37.3 Å². The zero-order valence-corrected chi connectivity index (χ0v) is 18.3. The van der Waals surface area contributed by atoms with Crippen molar-refractivity contribution >= 4 is 28.0 Å². The number of para-hydroxylation sites is 1. The van der Waals surface area contributed by atoms with Crippen LogP contribution in [-0.2, 0) is 11.3 Å². The molecule has 0 bridgehead atoms. The average molecular weight is 442 g/mol. The van der Waals surface area contributed by atoms with Crippen LogP contribution in [0.25, 0.3) is 22.0 Å². The summed E-state index contributed by atoms with van der Waals surface area (Å²) in [5.41, 5.74) is 11.9. The van der Waals surface area contributed by atoms with Gasteiger partial charge in [-0.15, -0.1) is 0 Å².